The lowest BCUT2D eigenvalue weighted by Gasteiger charge is -2.24. The molecular weight excluding hydrogens is 432 g/mol. The van der Waals surface area contributed by atoms with Crippen molar-refractivity contribution in [2.24, 2.45) is 5.92 Å². The minimum atomic E-state index is -0.331. The zero-order valence-corrected chi connectivity index (χ0v) is 18.1. The van der Waals surface area contributed by atoms with Crippen LogP contribution in [-0.4, -0.2) is 51.0 Å². The average molecular weight is 453 g/mol. The minimum absolute atomic E-state index is 0.0206. The first-order chi connectivity index (χ1) is 15.6. The SMILES string of the molecule is COc1[nH]ncc1-c1cc2c(cn1)c(C(=O)C1COc3ccc(Cl)cc3C1)cn2CCO. The number of nitrogens with one attached hydrogen (secondary N) is 1. The first-order valence-corrected chi connectivity index (χ1v) is 10.6. The van der Waals surface area contributed by atoms with Gasteiger partial charge in [-0.3, -0.25) is 9.78 Å². The number of aliphatic hydroxyl groups excluding tert-OH is 1. The van der Waals surface area contributed by atoms with E-state index in [2.05, 4.69) is 15.2 Å². The number of rotatable bonds is 6. The molecule has 0 radical (unpaired) electrons. The highest BCUT2D eigenvalue weighted by molar-refractivity contribution is 6.30. The lowest BCUT2D eigenvalue weighted by atomic mass is 9.90. The van der Waals surface area contributed by atoms with Gasteiger partial charge in [-0.05, 0) is 36.2 Å². The Kier molecular flexibility index (Phi) is 5.32. The van der Waals surface area contributed by atoms with Crippen molar-refractivity contribution in [3.63, 3.8) is 0 Å². The first-order valence-electron chi connectivity index (χ1n) is 10.2. The Bertz CT molecular complexity index is 1310. The van der Waals surface area contributed by atoms with Crippen LogP contribution in [0.1, 0.15) is 15.9 Å². The molecule has 3 aromatic heterocycles. The maximum atomic E-state index is 13.5. The molecule has 1 atom stereocenters. The van der Waals surface area contributed by atoms with E-state index < -0.39 is 0 Å². The number of ketones is 1. The third-order valence-electron chi connectivity index (χ3n) is 5.76. The Labute approximate surface area is 188 Å². The Morgan fingerprint density at radius 3 is 3.06 bits per heavy atom. The summed E-state index contributed by atoms with van der Waals surface area (Å²) >= 11 is 6.12. The van der Waals surface area contributed by atoms with Crippen LogP contribution in [0.3, 0.4) is 0 Å². The third kappa shape index (κ3) is 3.51. The fraction of sp³-hybridized carbons (Fsp3) is 0.261. The number of aromatic amines is 1. The number of carbonyl (C=O) groups is 1. The molecule has 32 heavy (non-hydrogen) atoms. The number of fused-ring (bicyclic) bond motifs is 2. The van der Waals surface area contributed by atoms with Gasteiger partial charge in [-0.1, -0.05) is 11.6 Å². The van der Waals surface area contributed by atoms with Crippen LogP contribution in [0.25, 0.3) is 22.2 Å². The molecule has 0 amide bonds. The largest absolute Gasteiger partial charge is 0.493 e. The van der Waals surface area contributed by atoms with E-state index in [-0.39, 0.29) is 18.3 Å². The van der Waals surface area contributed by atoms with Crippen molar-refractivity contribution in [1.82, 2.24) is 19.7 Å². The summed E-state index contributed by atoms with van der Waals surface area (Å²) < 4.78 is 13.0. The molecule has 1 aliphatic heterocycles. The average Bonchev–Trinajstić information content (AvgIpc) is 3.43. The molecule has 0 spiro atoms. The number of ether oxygens (including phenoxy) is 2. The number of halogens is 1. The van der Waals surface area contributed by atoms with E-state index in [1.807, 2.05) is 22.8 Å². The Morgan fingerprint density at radius 2 is 2.25 bits per heavy atom. The normalized spacial score (nSPS) is 15.4. The van der Waals surface area contributed by atoms with Crippen molar-refractivity contribution in [2.45, 2.75) is 13.0 Å². The number of aromatic nitrogens is 4. The summed E-state index contributed by atoms with van der Waals surface area (Å²) in [5, 5.41) is 17.7. The lowest BCUT2D eigenvalue weighted by molar-refractivity contribution is 0.0856. The number of carbonyl (C=O) groups excluding carboxylic acids is 1. The van der Waals surface area contributed by atoms with Gasteiger partial charge in [0.15, 0.2) is 5.78 Å². The summed E-state index contributed by atoms with van der Waals surface area (Å²) in [4.78, 5) is 18.0. The highest BCUT2D eigenvalue weighted by atomic mass is 35.5. The van der Waals surface area contributed by atoms with Gasteiger partial charge >= 0.3 is 0 Å². The van der Waals surface area contributed by atoms with Gasteiger partial charge in [0.25, 0.3) is 0 Å². The number of benzene rings is 1. The smallest absolute Gasteiger partial charge is 0.218 e. The van der Waals surface area contributed by atoms with Crippen LogP contribution in [-0.2, 0) is 13.0 Å². The van der Waals surface area contributed by atoms with Crippen LogP contribution in [0.4, 0.5) is 0 Å². The summed E-state index contributed by atoms with van der Waals surface area (Å²) in [6.07, 6.45) is 5.67. The van der Waals surface area contributed by atoms with E-state index in [1.54, 1.807) is 31.8 Å². The molecule has 2 N–H and O–H groups in total. The van der Waals surface area contributed by atoms with Crippen LogP contribution in [0.15, 0.2) is 42.9 Å². The van der Waals surface area contributed by atoms with E-state index in [0.717, 1.165) is 22.2 Å². The third-order valence-corrected chi connectivity index (χ3v) is 5.99. The molecule has 0 saturated carbocycles. The zero-order valence-electron chi connectivity index (χ0n) is 17.3. The predicted molar refractivity (Wildman–Crippen MR) is 119 cm³/mol. The molecule has 1 aromatic carbocycles. The van der Waals surface area contributed by atoms with Crippen molar-refractivity contribution >= 4 is 28.3 Å². The van der Waals surface area contributed by atoms with E-state index in [0.29, 0.717) is 47.3 Å². The standard InChI is InChI=1S/C23H21ClN4O4/c1-31-23-17(10-26-27-23)19-8-20-16(9-25-19)18(11-28(20)4-5-29)22(30)14-6-13-7-15(24)2-3-21(13)32-12-14/h2-3,7-11,14,29H,4-6,12H2,1H3,(H,26,27). The van der Waals surface area contributed by atoms with Gasteiger partial charge in [-0.2, -0.15) is 5.10 Å². The number of hydrogen-bond acceptors (Lipinski definition) is 6. The summed E-state index contributed by atoms with van der Waals surface area (Å²) in [6, 6.07) is 7.34. The number of methoxy groups -OCH3 is 1. The summed E-state index contributed by atoms with van der Waals surface area (Å²) in [6.45, 7) is 0.607. The van der Waals surface area contributed by atoms with E-state index in [4.69, 9.17) is 21.1 Å². The van der Waals surface area contributed by atoms with E-state index >= 15 is 0 Å². The molecule has 1 unspecified atom stereocenters. The van der Waals surface area contributed by atoms with Crippen molar-refractivity contribution < 1.29 is 19.4 Å². The minimum Gasteiger partial charge on any atom is -0.493 e. The second kappa shape index (κ2) is 8.29. The van der Waals surface area contributed by atoms with Gasteiger partial charge in [0.2, 0.25) is 5.88 Å². The van der Waals surface area contributed by atoms with Gasteiger partial charge in [-0.15, -0.1) is 0 Å². The molecule has 0 fully saturated rings. The van der Waals surface area contributed by atoms with Crippen LogP contribution >= 0.6 is 11.6 Å². The first kappa shape index (κ1) is 20.5. The van der Waals surface area contributed by atoms with Crippen molar-refractivity contribution in [3.05, 3.63) is 59.0 Å². The summed E-state index contributed by atoms with van der Waals surface area (Å²) in [5.41, 5.74) is 3.66. The Morgan fingerprint density at radius 1 is 1.38 bits per heavy atom. The monoisotopic (exact) mass is 452 g/mol. The molecule has 5 rings (SSSR count). The highest BCUT2D eigenvalue weighted by Gasteiger charge is 2.29. The summed E-state index contributed by atoms with van der Waals surface area (Å²) in [5.74, 6) is 0.919. The second-order valence-corrected chi connectivity index (χ2v) is 8.13. The van der Waals surface area contributed by atoms with Gasteiger partial charge in [0.05, 0.1) is 49.2 Å². The molecule has 0 aliphatic carbocycles. The molecule has 8 nitrogen and oxygen atoms in total. The lowest BCUT2D eigenvalue weighted by Crippen LogP contribution is -2.28. The fourth-order valence-corrected chi connectivity index (χ4v) is 4.38. The van der Waals surface area contributed by atoms with Gasteiger partial charge in [0.1, 0.15) is 5.75 Å². The predicted octanol–water partition coefficient (Wildman–Crippen LogP) is 3.51. The second-order valence-electron chi connectivity index (χ2n) is 7.69. The number of hydrogen-bond donors (Lipinski definition) is 2. The van der Waals surface area contributed by atoms with Gasteiger partial charge in [0, 0.05) is 34.9 Å². The maximum Gasteiger partial charge on any atom is 0.218 e. The molecule has 0 saturated heterocycles. The molecule has 0 bridgehead atoms. The maximum absolute atomic E-state index is 13.5. The molecule has 1 aliphatic rings. The number of nitrogens with zero attached hydrogens (tertiary/aromatic N) is 3. The number of Topliss-reactive ketones (excluding diaryl/α,β-unsaturated/α-hetero) is 1. The topological polar surface area (TPSA) is 102 Å². The Balaban J connectivity index is 1.53. The van der Waals surface area contributed by atoms with Crippen molar-refractivity contribution in [3.8, 4) is 22.9 Å². The number of pyridine rings is 1. The van der Waals surface area contributed by atoms with Crippen LogP contribution in [0.2, 0.25) is 5.02 Å². The van der Waals surface area contributed by atoms with Crippen LogP contribution in [0.5, 0.6) is 11.6 Å². The van der Waals surface area contributed by atoms with E-state index in [9.17, 15) is 9.90 Å². The molecule has 9 heteroatoms. The molecule has 4 aromatic rings. The fourth-order valence-electron chi connectivity index (χ4n) is 4.18. The van der Waals surface area contributed by atoms with Crippen LogP contribution < -0.4 is 9.47 Å². The van der Waals surface area contributed by atoms with Crippen molar-refractivity contribution in [1.29, 1.82) is 0 Å². The molecule has 164 valence electrons. The number of aliphatic hydroxyl groups is 1. The summed E-state index contributed by atoms with van der Waals surface area (Å²) in [7, 11) is 1.55. The van der Waals surface area contributed by atoms with E-state index in [1.165, 1.54) is 0 Å². The molecular formula is C23H21ClN4O4. The number of H-pyrrole nitrogens is 1. The zero-order chi connectivity index (χ0) is 22.2. The van der Waals surface area contributed by atoms with Crippen LogP contribution in [0, 0.1) is 5.92 Å². The quantitative estimate of drug-likeness (QED) is 0.434. The molecule has 4 heterocycles. The van der Waals surface area contributed by atoms with Gasteiger partial charge in [-0.25, -0.2) is 5.10 Å². The Hall–Kier alpha value is -3.36. The van der Waals surface area contributed by atoms with Crippen molar-refractivity contribution in [2.75, 3.05) is 20.3 Å². The van der Waals surface area contributed by atoms with Gasteiger partial charge < -0.3 is 19.1 Å². The highest BCUT2D eigenvalue weighted by Crippen LogP contribution is 2.34.